The normalized spacial score (nSPS) is 12.5. The van der Waals surface area contributed by atoms with E-state index < -0.39 is 0 Å². The van der Waals surface area contributed by atoms with Crippen LogP contribution in [0.2, 0.25) is 0 Å². The van der Waals surface area contributed by atoms with Crippen molar-refractivity contribution in [3.8, 4) is 0 Å². The van der Waals surface area contributed by atoms with Gasteiger partial charge in [-0.05, 0) is 50.9 Å². The van der Waals surface area contributed by atoms with Crippen LogP contribution in [0.25, 0.3) is 0 Å². The zero-order valence-electron chi connectivity index (χ0n) is 15.0. The first-order chi connectivity index (χ1) is 10.3. The highest BCUT2D eigenvalue weighted by Crippen LogP contribution is 2.10. The number of esters is 2. The van der Waals surface area contributed by atoms with Crippen LogP contribution in [0.5, 0.6) is 0 Å². The molecule has 0 rings (SSSR count). The molecule has 1 atom stereocenters. The molecular formula is C18H34O4. The summed E-state index contributed by atoms with van der Waals surface area (Å²) in [6, 6.07) is 0. The number of ether oxygens (including phenoxy) is 2. The molecule has 0 aliphatic carbocycles. The highest BCUT2D eigenvalue weighted by molar-refractivity contribution is 5.70. The van der Waals surface area contributed by atoms with Crippen molar-refractivity contribution in [3.05, 3.63) is 0 Å². The van der Waals surface area contributed by atoms with E-state index in [-0.39, 0.29) is 18.0 Å². The Balaban J connectivity index is 3.54. The highest BCUT2D eigenvalue weighted by Gasteiger charge is 2.11. The Morgan fingerprint density at radius 3 is 1.95 bits per heavy atom. The minimum absolute atomic E-state index is 0.0292. The molecule has 0 aromatic carbocycles. The van der Waals surface area contributed by atoms with Gasteiger partial charge in [0, 0.05) is 12.8 Å². The minimum atomic E-state index is -0.168. The number of carbonyl (C=O) groups excluding carboxylic acids is 2. The molecule has 0 radical (unpaired) electrons. The van der Waals surface area contributed by atoms with Gasteiger partial charge in [-0.1, -0.05) is 27.7 Å². The summed E-state index contributed by atoms with van der Waals surface area (Å²) in [4.78, 5) is 23.1. The Kier molecular flexibility index (Phi) is 11.9. The van der Waals surface area contributed by atoms with Crippen LogP contribution in [-0.4, -0.2) is 24.6 Å². The second kappa shape index (κ2) is 12.5. The Bertz CT molecular complexity index is 310. The molecule has 4 nitrogen and oxygen atoms in total. The molecule has 0 aromatic heterocycles. The van der Waals surface area contributed by atoms with Crippen LogP contribution in [0.3, 0.4) is 0 Å². The number of hydrogen-bond donors (Lipinski definition) is 0. The average molecular weight is 314 g/mol. The van der Waals surface area contributed by atoms with Gasteiger partial charge in [0.25, 0.3) is 0 Å². The molecule has 0 bridgehead atoms. The summed E-state index contributed by atoms with van der Waals surface area (Å²) in [6.45, 7) is 11.0. The van der Waals surface area contributed by atoms with Gasteiger partial charge in [-0.15, -0.1) is 0 Å². The lowest BCUT2D eigenvalue weighted by atomic mass is 10.1. The van der Waals surface area contributed by atoms with E-state index in [0.717, 1.165) is 19.3 Å². The topological polar surface area (TPSA) is 52.6 Å². The van der Waals surface area contributed by atoms with E-state index in [9.17, 15) is 9.59 Å². The Morgan fingerprint density at radius 2 is 1.41 bits per heavy atom. The van der Waals surface area contributed by atoms with Crippen molar-refractivity contribution in [2.45, 2.75) is 85.7 Å². The van der Waals surface area contributed by atoms with Gasteiger partial charge in [0.05, 0.1) is 12.7 Å². The summed E-state index contributed by atoms with van der Waals surface area (Å²) in [6.07, 6.45) is 4.97. The summed E-state index contributed by atoms with van der Waals surface area (Å²) in [5.74, 6) is 0.833. The van der Waals surface area contributed by atoms with E-state index in [1.807, 2.05) is 6.92 Å². The van der Waals surface area contributed by atoms with Gasteiger partial charge < -0.3 is 9.47 Å². The van der Waals surface area contributed by atoms with Gasteiger partial charge >= 0.3 is 11.9 Å². The van der Waals surface area contributed by atoms with E-state index in [2.05, 4.69) is 27.7 Å². The fraction of sp³-hybridized carbons (Fsp3) is 0.889. The molecule has 0 N–H and O–H groups in total. The zero-order chi connectivity index (χ0) is 17.0. The first-order valence-electron chi connectivity index (χ1n) is 8.66. The van der Waals surface area contributed by atoms with Crippen LogP contribution in [0.1, 0.15) is 79.6 Å². The van der Waals surface area contributed by atoms with E-state index >= 15 is 0 Å². The van der Waals surface area contributed by atoms with Crippen LogP contribution in [-0.2, 0) is 19.1 Å². The molecule has 0 aliphatic rings. The third-order valence-corrected chi connectivity index (χ3v) is 3.34. The van der Waals surface area contributed by atoms with Gasteiger partial charge in [-0.3, -0.25) is 9.59 Å². The number of hydrogen-bond acceptors (Lipinski definition) is 4. The molecule has 0 heterocycles. The fourth-order valence-electron chi connectivity index (χ4n) is 2.28. The maximum Gasteiger partial charge on any atom is 0.306 e. The van der Waals surface area contributed by atoms with Crippen molar-refractivity contribution in [1.82, 2.24) is 0 Å². The van der Waals surface area contributed by atoms with Crippen LogP contribution in [0.15, 0.2) is 0 Å². The number of rotatable bonds is 12. The summed E-state index contributed by atoms with van der Waals surface area (Å²) in [5, 5.41) is 0. The SMILES string of the molecule is CC(C)CCCOC(=O)CCCCC(=O)OC(C)CC(C)C. The molecular weight excluding hydrogens is 280 g/mol. The summed E-state index contributed by atoms with van der Waals surface area (Å²) in [7, 11) is 0. The van der Waals surface area contributed by atoms with Crippen molar-refractivity contribution in [2.75, 3.05) is 6.61 Å². The van der Waals surface area contributed by atoms with Crippen molar-refractivity contribution in [1.29, 1.82) is 0 Å². The third kappa shape index (κ3) is 13.9. The molecule has 0 aliphatic heterocycles. The first-order valence-corrected chi connectivity index (χ1v) is 8.66. The molecule has 22 heavy (non-hydrogen) atoms. The second-order valence-corrected chi connectivity index (χ2v) is 6.89. The van der Waals surface area contributed by atoms with E-state index in [0.29, 0.717) is 44.1 Å². The lowest BCUT2D eigenvalue weighted by Gasteiger charge is -2.15. The molecule has 1 unspecified atom stereocenters. The Labute approximate surface area is 135 Å². The molecule has 4 heteroatoms. The monoisotopic (exact) mass is 314 g/mol. The minimum Gasteiger partial charge on any atom is -0.466 e. The van der Waals surface area contributed by atoms with Crippen LogP contribution < -0.4 is 0 Å². The molecule has 130 valence electrons. The molecule has 0 amide bonds. The van der Waals surface area contributed by atoms with Crippen LogP contribution in [0, 0.1) is 11.8 Å². The summed E-state index contributed by atoms with van der Waals surface area (Å²) >= 11 is 0. The summed E-state index contributed by atoms with van der Waals surface area (Å²) < 4.78 is 10.5. The van der Waals surface area contributed by atoms with Gasteiger partial charge in [0.2, 0.25) is 0 Å². The smallest absolute Gasteiger partial charge is 0.306 e. The number of carbonyl (C=O) groups is 2. The molecule has 0 saturated carbocycles. The van der Waals surface area contributed by atoms with E-state index in [4.69, 9.17) is 9.47 Å². The average Bonchev–Trinajstić information content (AvgIpc) is 2.38. The molecule has 0 saturated heterocycles. The standard InChI is InChI=1S/C18H34O4/c1-14(2)9-8-12-21-17(19)10-6-7-11-18(20)22-16(5)13-15(3)4/h14-16H,6-13H2,1-5H3. The highest BCUT2D eigenvalue weighted by atomic mass is 16.5. The van der Waals surface area contributed by atoms with Crippen molar-refractivity contribution in [2.24, 2.45) is 11.8 Å². The van der Waals surface area contributed by atoms with Crippen molar-refractivity contribution < 1.29 is 19.1 Å². The van der Waals surface area contributed by atoms with Crippen molar-refractivity contribution in [3.63, 3.8) is 0 Å². The maximum atomic E-state index is 11.6. The van der Waals surface area contributed by atoms with Crippen molar-refractivity contribution >= 4 is 11.9 Å². The van der Waals surface area contributed by atoms with E-state index in [1.165, 1.54) is 0 Å². The first kappa shape index (κ1) is 20.9. The summed E-state index contributed by atoms with van der Waals surface area (Å²) in [5.41, 5.74) is 0. The van der Waals surface area contributed by atoms with Gasteiger partial charge in [0.1, 0.15) is 0 Å². The maximum absolute atomic E-state index is 11.6. The second-order valence-electron chi connectivity index (χ2n) is 6.89. The molecule has 0 spiro atoms. The predicted octanol–water partition coefficient (Wildman–Crippen LogP) is 4.50. The van der Waals surface area contributed by atoms with Gasteiger partial charge in [-0.2, -0.15) is 0 Å². The largest absolute Gasteiger partial charge is 0.466 e. The van der Waals surface area contributed by atoms with E-state index in [1.54, 1.807) is 0 Å². The van der Waals surface area contributed by atoms with Gasteiger partial charge in [-0.25, -0.2) is 0 Å². The van der Waals surface area contributed by atoms with Crippen LogP contribution in [0.4, 0.5) is 0 Å². The Hall–Kier alpha value is -1.06. The van der Waals surface area contributed by atoms with Gasteiger partial charge in [0.15, 0.2) is 0 Å². The quantitative estimate of drug-likeness (QED) is 0.393. The third-order valence-electron chi connectivity index (χ3n) is 3.34. The lowest BCUT2D eigenvalue weighted by molar-refractivity contribution is -0.149. The fourth-order valence-corrected chi connectivity index (χ4v) is 2.28. The molecule has 0 fully saturated rings. The lowest BCUT2D eigenvalue weighted by Crippen LogP contribution is -2.16. The zero-order valence-corrected chi connectivity index (χ0v) is 15.0. The molecule has 0 aromatic rings. The van der Waals surface area contributed by atoms with Crippen LogP contribution >= 0.6 is 0 Å². The number of unbranched alkanes of at least 4 members (excludes halogenated alkanes) is 1. The predicted molar refractivity (Wildman–Crippen MR) is 88.5 cm³/mol. The Morgan fingerprint density at radius 1 is 0.818 bits per heavy atom.